The van der Waals surface area contributed by atoms with Crippen LogP contribution in [0.3, 0.4) is 0 Å². The fourth-order valence-corrected chi connectivity index (χ4v) is 2.90. The van der Waals surface area contributed by atoms with E-state index in [0.717, 1.165) is 11.5 Å². The Balaban J connectivity index is 1.91. The van der Waals surface area contributed by atoms with Gasteiger partial charge in [0.25, 0.3) is 0 Å². The predicted octanol–water partition coefficient (Wildman–Crippen LogP) is 3.09. The van der Waals surface area contributed by atoms with Crippen molar-refractivity contribution in [3.05, 3.63) is 58.9 Å². The standard InChI is InChI=1S/C15H16N4OS/c1-19-8-7-16-15(19)14(12-4-3-9-21-12)18-11-5-6-13(20-2)17-10-11/h3-10,14,18H,1-2H3. The Bertz CT molecular complexity index is 691. The maximum absolute atomic E-state index is 5.08. The van der Waals surface area contributed by atoms with Gasteiger partial charge in [0, 0.05) is 30.4 Å². The zero-order valence-corrected chi connectivity index (χ0v) is 12.7. The molecule has 0 aliphatic carbocycles. The van der Waals surface area contributed by atoms with E-state index in [2.05, 4.69) is 26.7 Å². The molecule has 0 aliphatic heterocycles. The van der Waals surface area contributed by atoms with Crippen molar-refractivity contribution in [2.45, 2.75) is 6.04 Å². The van der Waals surface area contributed by atoms with Gasteiger partial charge in [0.05, 0.1) is 19.0 Å². The first-order valence-corrected chi connectivity index (χ1v) is 7.43. The molecular weight excluding hydrogens is 284 g/mol. The van der Waals surface area contributed by atoms with Crippen molar-refractivity contribution < 1.29 is 4.74 Å². The van der Waals surface area contributed by atoms with E-state index in [1.54, 1.807) is 24.6 Å². The van der Waals surface area contributed by atoms with Gasteiger partial charge in [-0.05, 0) is 17.5 Å². The molecule has 0 fully saturated rings. The van der Waals surface area contributed by atoms with Gasteiger partial charge in [0.1, 0.15) is 11.9 Å². The zero-order valence-electron chi connectivity index (χ0n) is 11.9. The van der Waals surface area contributed by atoms with Gasteiger partial charge in [-0.3, -0.25) is 0 Å². The number of anilines is 1. The number of imidazole rings is 1. The summed E-state index contributed by atoms with van der Waals surface area (Å²) in [6.45, 7) is 0. The summed E-state index contributed by atoms with van der Waals surface area (Å²) in [4.78, 5) is 9.90. The largest absolute Gasteiger partial charge is 0.481 e. The molecule has 3 aromatic heterocycles. The molecule has 1 N–H and O–H groups in total. The highest BCUT2D eigenvalue weighted by molar-refractivity contribution is 7.10. The highest BCUT2D eigenvalue weighted by atomic mass is 32.1. The minimum atomic E-state index is 0.000180. The van der Waals surface area contributed by atoms with Gasteiger partial charge in [-0.15, -0.1) is 11.3 Å². The topological polar surface area (TPSA) is 52.0 Å². The summed E-state index contributed by atoms with van der Waals surface area (Å²) in [5.41, 5.74) is 0.928. The minimum Gasteiger partial charge on any atom is -0.481 e. The number of aromatic nitrogens is 3. The second kappa shape index (κ2) is 5.97. The predicted molar refractivity (Wildman–Crippen MR) is 83.8 cm³/mol. The number of nitrogens with zero attached hydrogens (tertiary/aromatic N) is 3. The molecule has 6 heteroatoms. The van der Waals surface area contributed by atoms with Crippen LogP contribution in [0.1, 0.15) is 16.7 Å². The number of hydrogen-bond donors (Lipinski definition) is 1. The lowest BCUT2D eigenvalue weighted by molar-refractivity contribution is 0.398. The van der Waals surface area contributed by atoms with Gasteiger partial charge >= 0.3 is 0 Å². The average molecular weight is 300 g/mol. The van der Waals surface area contributed by atoms with Gasteiger partial charge in [0.2, 0.25) is 5.88 Å². The highest BCUT2D eigenvalue weighted by Crippen LogP contribution is 2.28. The molecule has 3 aromatic rings. The third-order valence-corrected chi connectivity index (χ3v) is 4.14. The molecule has 0 aromatic carbocycles. The second-order valence-corrected chi connectivity index (χ2v) is 5.56. The van der Waals surface area contributed by atoms with E-state index >= 15 is 0 Å². The van der Waals surface area contributed by atoms with Crippen LogP contribution >= 0.6 is 11.3 Å². The van der Waals surface area contributed by atoms with Crippen LogP contribution in [0.4, 0.5) is 5.69 Å². The van der Waals surface area contributed by atoms with Crippen molar-refractivity contribution in [3.63, 3.8) is 0 Å². The van der Waals surface area contributed by atoms with Crippen LogP contribution in [-0.2, 0) is 7.05 Å². The summed E-state index contributed by atoms with van der Waals surface area (Å²) in [5, 5.41) is 5.55. The average Bonchev–Trinajstić information content (AvgIpc) is 3.17. The lowest BCUT2D eigenvalue weighted by Crippen LogP contribution is -2.15. The van der Waals surface area contributed by atoms with E-state index < -0.39 is 0 Å². The number of methoxy groups -OCH3 is 1. The Morgan fingerprint density at radius 2 is 2.19 bits per heavy atom. The quantitative estimate of drug-likeness (QED) is 0.786. The maximum Gasteiger partial charge on any atom is 0.213 e. The van der Waals surface area contributed by atoms with E-state index in [1.165, 1.54) is 4.88 Å². The molecule has 3 rings (SSSR count). The van der Waals surface area contributed by atoms with E-state index in [-0.39, 0.29) is 6.04 Å². The molecule has 0 amide bonds. The van der Waals surface area contributed by atoms with Gasteiger partial charge < -0.3 is 14.6 Å². The van der Waals surface area contributed by atoms with Crippen molar-refractivity contribution in [1.82, 2.24) is 14.5 Å². The number of pyridine rings is 1. The zero-order chi connectivity index (χ0) is 14.7. The summed E-state index contributed by atoms with van der Waals surface area (Å²) in [6.07, 6.45) is 5.52. The monoisotopic (exact) mass is 300 g/mol. The van der Waals surface area contributed by atoms with E-state index in [0.29, 0.717) is 5.88 Å². The molecule has 3 heterocycles. The van der Waals surface area contributed by atoms with Gasteiger partial charge in [-0.2, -0.15) is 0 Å². The molecule has 0 aliphatic rings. The molecular formula is C15H16N4OS. The molecule has 0 radical (unpaired) electrons. The summed E-state index contributed by atoms with van der Waals surface area (Å²) in [7, 11) is 3.61. The van der Waals surface area contributed by atoms with Crippen molar-refractivity contribution in [2.24, 2.45) is 7.05 Å². The van der Waals surface area contributed by atoms with Crippen molar-refractivity contribution in [1.29, 1.82) is 0 Å². The summed E-state index contributed by atoms with van der Waals surface area (Å²) >= 11 is 1.70. The number of ether oxygens (including phenoxy) is 1. The summed E-state index contributed by atoms with van der Waals surface area (Å²) in [6, 6.07) is 7.94. The molecule has 0 spiro atoms. The maximum atomic E-state index is 5.08. The Hall–Kier alpha value is -2.34. The molecule has 1 atom stereocenters. The summed E-state index contributed by atoms with van der Waals surface area (Å²) < 4.78 is 7.11. The van der Waals surface area contributed by atoms with Gasteiger partial charge in [-0.1, -0.05) is 6.07 Å². The molecule has 21 heavy (non-hydrogen) atoms. The van der Waals surface area contributed by atoms with Gasteiger partial charge in [-0.25, -0.2) is 9.97 Å². The van der Waals surface area contributed by atoms with Crippen LogP contribution in [0, 0.1) is 0 Å². The fraction of sp³-hybridized carbons (Fsp3) is 0.200. The molecule has 0 saturated carbocycles. The van der Waals surface area contributed by atoms with Crippen LogP contribution in [0.25, 0.3) is 0 Å². The third kappa shape index (κ3) is 2.90. The third-order valence-electron chi connectivity index (χ3n) is 3.20. The molecule has 108 valence electrons. The van der Waals surface area contributed by atoms with E-state index in [1.807, 2.05) is 42.2 Å². The number of thiophene rings is 1. The Labute approximate surface area is 127 Å². The molecule has 5 nitrogen and oxygen atoms in total. The first-order valence-electron chi connectivity index (χ1n) is 6.55. The van der Waals surface area contributed by atoms with E-state index in [9.17, 15) is 0 Å². The Morgan fingerprint density at radius 3 is 2.76 bits per heavy atom. The second-order valence-electron chi connectivity index (χ2n) is 4.58. The molecule has 0 saturated heterocycles. The fourth-order valence-electron chi connectivity index (χ4n) is 2.13. The number of aryl methyl sites for hydroxylation is 1. The first-order chi connectivity index (χ1) is 10.3. The Kier molecular flexibility index (Phi) is 3.87. The minimum absolute atomic E-state index is 0.000180. The van der Waals surface area contributed by atoms with Crippen LogP contribution in [0.2, 0.25) is 0 Å². The van der Waals surface area contributed by atoms with Crippen molar-refractivity contribution in [3.8, 4) is 5.88 Å². The number of nitrogens with one attached hydrogen (secondary N) is 1. The number of hydrogen-bond acceptors (Lipinski definition) is 5. The van der Waals surface area contributed by atoms with Crippen LogP contribution in [0.15, 0.2) is 48.2 Å². The van der Waals surface area contributed by atoms with Crippen molar-refractivity contribution in [2.75, 3.05) is 12.4 Å². The lowest BCUT2D eigenvalue weighted by atomic mass is 10.2. The molecule has 0 bridgehead atoms. The first kappa shape index (κ1) is 13.6. The summed E-state index contributed by atoms with van der Waals surface area (Å²) in [5.74, 6) is 1.57. The van der Waals surface area contributed by atoms with Crippen LogP contribution in [0.5, 0.6) is 5.88 Å². The molecule has 1 unspecified atom stereocenters. The Morgan fingerprint density at radius 1 is 1.29 bits per heavy atom. The normalized spacial score (nSPS) is 12.1. The van der Waals surface area contributed by atoms with Crippen molar-refractivity contribution >= 4 is 17.0 Å². The number of rotatable bonds is 5. The van der Waals surface area contributed by atoms with Crippen LogP contribution in [-0.4, -0.2) is 21.6 Å². The van der Waals surface area contributed by atoms with Gasteiger partial charge in [0.15, 0.2) is 0 Å². The lowest BCUT2D eigenvalue weighted by Gasteiger charge is -2.18. The smallest absolute Gasteiger partial charge is 0.213 e. The van der Waals surface area contributed by atoms with Crippen LogP contribution < -0.4 is 10.1 Å². The SMILES string of the molecule is COc1ccc(NC(c2cccs2)c2nccn2C)cn1. The highest BCUT2D eigenvalue weighted by Gasteiger charge is 2.19. The van der Waals surface area contributed by atoms with E-state index in [4.69, 9.17) is 4.74 Å².